The zero-order valence-electron chi connectivity index (χ0n) is 18.7. The van der Waals surface area contributed by atoms with E-state index in [1.807, 2.05) is 36.0 Å². The minimum absolute atomic E-state index is 0.160. The zero-order chi connectivity index (χ0) is 24.1. The van der Waals surface area contributed by atoms with Crippen LogP contribution in [0.2, 0.25) is 0 Å². The summed E-state index contributed by atoms with van der Waals surface area (Å²) in [6.07, 6.45) is 11.2. The van der Waals surface area contributed by atoms with Crippen molar-refractivity contribution in [3.05, 3.63) is 58.6 Å². The third-order valence-electron chi connectivity index (χ3n) is 6.05. The second kappa shape index (κ2) is 14.2. The topological polar surface area (TPSA) is 111 Å². The number of carbonyl (C=O) groups excluding carboxylic acids is 1. The first-order valence-electron chi connectivity index (χ1n) is 10.8. The number of hydrogen-bond donors (Lipinski definition) is 2. The van der Waals surface area contributed by atoms with Crippen LogP contribution in [-0.4, -0.2) is 70.0 Å². The van der Waals surface area contributed by atoms with Gasteiger partial charge in [0.15, 0.2) is 0 Å². The lowest BCUT2D eigenvalue weighted by atomic mass is 9.77. The number of fused-ring (bicyclic) bond motifs is 1. The zero-order valence-corrected chi connectivity index (χ0v) is 19.5. The first kappa shape index (κ1) is 26.2. The first-order valence-corrected chi connectivity index (χ1v) is 11.7. The van der Waals surface area contributed by atoms with Crippen LogP contribution in [0.4, 0.5) is 0 Å². The third kappa shape index (κ3) is 8.11. The summed E-state index contributed by atoms with van der Waals surface area (Å²) in [5, 5.41) is 15.8. The molecule has 2 N–H and O–H groups in total. The van der Waals surface area contributed by atoms with Gasteiger partial charge in [0.2, 0.25) is 5.91 Å². The number of pyridine rings is 1. The van der Waals surface area contributed by atoms with Crippen molar-refractivity contribution in [1.82, 2.24) is 14.8 Å². The molecular formula is C24H31N3O5S. The summed E-state index contributed by atoms with van der Waals surface area (Å²) in [6.45, 7) is 2.25. The van der Waals surface area contributed by atoms with Crippen LogP contribution in [0.1, 0.15) is 29.7 Å². The minimum Gasteiger partial charge on any atom is -0.483 e. The van der Waals surface area contributed by atoms with E-state index in [-0.39, 0.29) is 18.9 Å². The number of rotatable bonds is 5. The van der Waals surface area contributed by atoms with E-state index in [9.17, 15) is 4.79 Å². The van der Waals surface area contributed by atoms with Crippen molar-refractivity contribution in [2.24, 2.45) is 11.8 Å². The highest BCUT2D eigenvalue weighted by atomic mass is 32.1. The third-order valence-corrected chi connectivity index (χ3v) is 6.89. The van der Waals surface area contributed by atoms with Crippen molar-refractivity contribution in [2.75, 3.05) is 20.1 Å². The SMILES string of the molecule is CN(Cc1ccncc1)C1CCCC2CN(C(=O)/C=C/c3cccs3)CC21.O=CO.O=CO. The fourth-order valence-corrected chi connectivity index (χ4v) is 5.32. The Morgan fingerprint density at radius 1 is 1.18 bits per heavy atom. The average Bonchev–Trinajstić information content (AvgIpc) is 3.49. The van der Waals surface area contributed by atoms with Gasteiger partial charge in [-0.15, -0.1) is 11.3 Å². The molecule has 2 fully saturated rings. The predicted molar refractivity (Wildman–Crippen MR) is 128 cm³/mol. The lowest BCUT2D eigenvalue weighted by Crippen LogP contribution is -2.43. The molecule has 1 aliphatic carbocycles. The van der Waals surface area contributed by atoms with Gasteiger partial charge in [0.1, 0.15) is 0 Å². The highest BCUT2D eigenvalue weighted by molar-refractivity contribution is 7.10. The van der Waals surface area contributed by atoms with E-state index in [0.29, 0.717) is 17.9 Å². The van der Waals surface area contributed by atoms with Crippen molar-refractivity contribution in [3.63, 3.8) is 0 Å². The largest absolute Gasteiger partial charge is 0.483 e. The summed E-state index contributed by atoms with van der Waals surface area (Å²) in [5.74, 6) is 1.39. The monoisotopic (exact) mass is 473 g/mol. The van der Waals surface area contributed by atoms with Crippen LogP contribution in [0.25, 0.3) is 6.08 Å². The van der Waals surface area contributed by atoms with Gasteiger partial charge in [-0.2, -0.15) is 0 Å². The maximum Gasteiger partial charge on any atom is 0.290 e. The van der Waals surface area contributed by atoms with E-state index in [1.165, 1.54) is 24.8 Å². The Morgan fingerprint density at radius 3 is 2.52 bits per heavy atom. The Morgan fingerprint density at radius 2 is 1.88 bits per heavy atom. The summed E-state index contributed by atoms with van der Waals surface area (Å²) >= 11 is 1.66. The molecular weight excluding hydrogens is 442 g/mol. The number of likely N-dealkylation sites (tertiary alicyclic amines) is 1. The molecule has 4 rings (SSSR count). The number of aromatic nitrogens is 1. The second-order valence-corrected chi connectivity index (χ2v) is 8.97. The van der Waals surface area contributed by atoms with Gasteiger partial charge < -0.3 is 15.1 Å². The summed E-state index contributed by atoms with van der Waals surface area (Å²) in [6, 6.07) is 8.80. The molecule has 3 unspecified atom stereocenters. The van der Waals surface area contributed by atoms with Gasteiger partial charge in [0, 0.05) is 49.0 Å². The van der Waals surface area contributed by atoms with Crippen molar-refractivity contribution >= 4 is 36.3 Å². The van der Waals surface area contributed by atoms with E-state index in [0.717, 1.165) is 24.5 Å². The quantitative estimate of drug-likeness (QED) is 0.506. The number of nitrogens with zero attached hydrogens (tertiary/aromatic N) is 3. The normalized spacial score (nSPS) is 21.4. The first-order chi connectivity index (χ1) is 16.0. The van der Waals surface area contributed by atoms with Gasteiger partial charge in [-0.05, 0) is 66.9 Å². The highest BCUT2D eigenvalue weighted by Crippen LogP contribution is 2.39. The summed E-state index contributed by atoms with van der Waals surface area (Å²) in [4.78, 5) is 39.2. The minimum atomic E-state index is -0.250. The summed E-state index contributed by atoms with van der Waals surface area (Å²) in [5.41, 5.74) is 1.31. The molecule has 8 nitrogen and oxygen atoms in total. The molecule has 3 heterocycles. The average molecular weight is 474 g/mol. The molecule has 0 radical (unpaired) electrons. The molecule has 2 aromatic heterocycles. The molecule has 178 valence electrons. The standard InChI is InChI=1S/C22H27N3OS.2CH2O2/c1-24(14-17-9-11-23-12-10-17)21-6-2-4-18-15-25(16-20(18)21)22(26)8-7-19-5-3-13-27-19;2*2-1-3/h3,5,7-13,18,20-21H,2,4,6,14-16H2,1H3;2*1H,(H,2,3)/b8-7+;;. The fraction of sp³-hybridized carbons (Fsp3) is 0.417. The van der Waals surface area contributed by atoms with Crippen LogP contribution in [0, 0.1) is 11.8 Å². The van der Waals surface area contributed by atoms with Gasteiger partial charge in [-0.25, -0.2) is 0 Å². The lowest BCUT2D eigenvalue weighted by molar-refractivity contribution is -0.125. The number of thiophene rings is 1. The number of carboxylic acid groups (broad SMARTS) is 2. The van der Waals surface area contributed by atoms with Crippen LogP contribution < -0.4 is 0 Å². The molecule has 33 heavy (non-hydrogen) atoms. The van der Waals surface area contributed by atoms with E-state index >= 15 is 0 Å². The second-order valence-electron chi connectivity index (χ2n) is 8.00. The Labute approximate surface area is 198 Å². The molecule has 1 amide bonds. The Kier molecular flexibility index (Phi) is 11.3. The van der Waals surface area contributed by atoms with Gasteiger partial charge in [0.05, 0.1) is 0 Å². The van der Waals surface area contributed by atoms with Crippen LogP contribution in [0.5, 0.6) is 0 Å². The molecule has 0 spiro atoms. The number of carbonyl (C=O) groups is 3. The predicted octanol–water partition coefficient (Wildman–Crippen LogP) is 3.32. The summed E-state index contributed by atoms with van der Waals surface area (Å²) < 4.78 is 0. The molecule has 1 aliphatic heterocycles. The molecule has 1 saturated carbocycles. The number of hydrogen-bond acceptors (Lipinski definition) is 6. The van der Waals surface area contributed by atoms with Crippen LogP contribution in [0.15, 0.2) is 48.1 Å². The van der Waals surface area contributed by atoms with Crippen molar-refractivity contribution in [3.8, 4) is 0 Å². The van der Waals surface area contributed by atoms with E-state index in [2.05, 4.69) is 34.0 Å². The molecule has 0 aromatic carbocycles. The molecule has 3 atom stereocenters. The van der Waals surface area contributed by atoms with E-state index in [1.54, 1.807) is 17.4 Å². The van der Waals surface area contributed by atoms with Gasteiger partial charge in [0.25, 0.3) is 12.9 Å². The van der Waals surface area contributed by atoms with E-state index < -0.39 is 0 Å². The Hall–Kier alpha value is -3.04. The van der Waals surface area contributed by atoms with Crippen molar-refractivity contribution in [1.29, 1.82) is 0 Å². The Balaban J connectivity index is 0.000000582. The maximum atomic E-state index is 12.7. The van der Waals surface area contributed by atoms with Gasteiger partial charge >= 0.3 is 0 Å². The van der Waals surface area contributed by atoms with Gasteiger partial charge in [-0.3, -0.25) is 24.3 Å². The molecule has 2 aromatic rings. The van der Waals surface area contributed by atoms with Crippen LogP contribution >= 0.6 is 11.3 Å². The summed E-state index contributed by atoms with van der Waals surface area (Å²) in [7, 11) is 2.23. The molecule has 1 saturated heterocycles. The fourth-order valence-electron chi connectivity index (χ4n) is 4.71. The van der Waals surface area contributed by atoms with Gasteiger partial charge in [-0.1, -0.05) is 12.5 Å². The molecule has 9 heteroatoms. The lowest BCUT2D eigenvalue weighted by Gasteiger charge is -2.39. The molecule has 2 aliphatic rings. The Bertz CT molecular complexity index is 869. The van der Waals surface area contributed by atoms with Crippen molar-refractivity contribution < 1.29 is 24.6 Å². The van der Waals surface area contributed by atoms with Crippen LogP contribution in [-0.2, 0) is 20.9 Å². The number of amides is 1. The van der Waals surface area contributed by atoms with Crippen LogP contribution in [0.3, 0.4) is 0 Å². The maximum absolute atomic E-state index is 12.7. The van der Waals surface area contributed by atoms with Crippen molar-refractivity contribution in [2.45, 2.75) is 31.8 Å². The highest BCUT2D eigenvalue weighted by Gasteiger charge is 2.42. The van der Waals surface area contributed by atoms with E-state index in [4.69, 9.17) is 19.8 Å². The smallest absolute Gasteiger partial charge is 0.290 e. The molecule has 0 bridgehead atoms.